The first-order chi connectivity index (χ1) is 31.9. The topological polar surface area (TPSA) is 183 Å². The largest absolute Gasteiger partial charge is 0.455 e. The molecule has 2 aliphatic carbocycles. The molecule has 1 atom stereocenters. The monoisotopic (exact) mass is 943 g/mol. The number of nitrogens with zero attached hydrogens (tertiary/aromatic N) is 4. The van der Waals surface area contributed by atoms with Gasteiger partial charge in [0, 0.05) is 61.1 Å². The molecule has 2 saturated carbocycles. The second-order valence-corrected chi connectivity index (χ2v) is 21.0. The summed E-state index contributed by atoms with van der Waals surface area (Å²) in [5, 5.41) is 26.6. The van der Waals surface area contributed by atoms with Crippen LogP contribution in [0.1, 0.15) is 112 Å². The van der Waals surface area contributed by atoms with Crippen molar-refractivity contribution in [2.24, 2.45) is 11.3 Å². The van der Waals surface area contributed by atoms with Crippen LogP contribution in [0.15, 0.2) is 90.1 Å². The number of halogens is 3. The van der Waals surface area contributed by atoms with Crippen LogP contribution in [0.5, 0.6) is 11.5 Å². The Morgan fingerprint density at radius 3 is 2.46 bits per heavy atom. The van der Waals surface area contributed by atoms with Crippen LogP contribution < -0.4 is 19.7 Å². The van der Waals surface area contributed by atoms with Crippen molar-refractivity contribution < 1.29 is 41.2 Å². The first-order valence-corrected chi connectivity index (χ1v) is 24.6. The number of H-pyrrole nitrogens is 1. The Bertz CT molecular complexity index is 2760. The molecule has 67 heavy (non-hydrogen) atoms. The number of anilines is 2. The number of hydrogen-bond donors (Lipinski definition) is 4. The average Bonchev–Trinajstić information content (AvgIpc) is 3.97. The molecule has 9 rings (SSSR count). The third-order valence-corrected chi connectivity index (χ3v) is 16.1. The van der Waals surface area contributed by atoms with Crippen molar-refractivity contribution in [2.75, 3.05) is 36.4 Å². The second-order valence-electron chi connectivity index (χ2n) is 19.4. The van der Waals surface area contributed by atoms with Crippen molar-refractivity contribution in [3.8, 4) is 11.5 Å². The van der Waals surface area contributed by atoms with Gasteiger partial charge >= 0.3 is 6.18 Å². The number of hydrogen-bond acceptors (Lipinski definition) is 11. The molecule has 14 nitrogen and oxygen atoms in total. The first-order valence-electron chi connectivity index (χ1n) is 23.1. The fourth-order valence-electron chi connectivity index (χ4n) is 10.9. The highest BCUT2D eigenvalue weighted by molar-refractivity contribution is 7.90. The highest BCUT2D eigenvalue weighted by Gasteiger charge is 2.50. The third-order valence-electron chi connectivity index (χ3n) is 14.8. The molecule has 4 N–H and O–H groups in total. The van der Waals surface area contributed by atoms with E-state index in [-0.39, 0.29) is 54.6 Å². The summed E-state index contributed by atoms with van der Waals surface area (Å²) >= 11 is 0. The van der Waals surface area contributed by atoms with Crippen molar-refractivity contribution >= 4 is 44.0 Å². The molecule has 2 saturated heterocycles. The van der Waals surface area contributed by atoms with E-state index in [4.69, 9.17) is 4.74 Å². The fraction of sp³-hybridized carbons (Fsp3) is 0.469. The molecular weight excluding hydrogens is 888 g/mol. The number of nitro benzene ring substituents is 1. The zero-order valence-electron chi connectivity index (χ0n) is 37.5. The standard InChI is InChI=1S/C49H56F3N7O7S/c1-31(2)38-6-3-4-7-39(38)42-8-5-21-58(42)35-27-47(28-35)18-22-57(23-19-47)34-9-11-40(44(25-34)66-36-24-32-15-20-53-45(32)54-29-36)46(60)56-67(64,65)37-10-12-41(43(26-37)59(62)63)55-30-48(61)16-13-33(14-17-48)49(50,51)52/h3-4,6-7,9-12,15,20,24-26,29,31,33,35,42,55,61H,5,8,13-14,16-19,21-23,27-28,30H2,1-2H3,(H,53,54)(H,56,60)/t33-,42-,48+/m0/s1. The highest BCUT2D eigenvalue weighted by atomic mass is 32.2. The van der Waals surface area contributed by atoms with Gasteiger partial charge in [0.25, 0.3) is 21.6 Å². The molecule has 5 aromatic rings. The summed E-state index contributed by atoms with van der Waals surface area (Å²) in [5.74, 6) is -1.70. The molecule has 1 amide bonds. The molecule has 2 aromatic heterocycles. The number of aliphatic hydroxyl groups is 1. The molecule has 1 spiro atoms. The Morgan fingerprint density at radius 1 is 1.00 bits per heavy atom. The molecule has 2 aliphatic heterocycles. The Morgan fingerprint density at radius 2 is 1.75 bits per heavy atom. The van der Waals surface area contributed by atoms with Crippen molar-refractivity contribution in [1.82, 2.24) is 19.6 Å². The summed E-state index contributed by atoms with van der Waals surface area (Å²) in [6, 6.07) is 21.4. The van der Waals surface area contributed by atoms with Gasteiger partial charge in [0.2, 0.25) is 0 Å². The average molecular weight is 944 g/mol. The number of pyridine rings is 1. The van der Waals surface area contributed by atoms with Gasteiger partial charge in [-0.25, -0.2) is 18.1 Å². The minimum Gasteiger partial charge on any atom is -0.455 e. The summed E-state index contributed by atoms with van der Waals surface area (Å²) < 4.78 is 75.4. The van der Waals surface area contributed by atoms with Gasteiger partial charge in [-0.15, -0.1) is 0 Å². The Hall–Kier alpha value is -5.72. The number of ether oxygens (including phenoxy) is 1. The van der Waals surface area contributed by atoms with Crippen LogP contribution in [0.2, 0.25) is 0 Å². The molecule has 4 heterocycles. The number of fused-ring (bicyclic) bond motifs is 1. The molecule has 0 bridgehead atoms. The van der Waals surface area contributed by atoms with E-state index in [0.29, 0.717) is 29.4 Å². The predicted octanol–water partition coefficient (Wildman–Crippen LogP) is 9.99. The van der Waals surface area contributed by atoms with Gasteiger partial charge < -0.3 is 25.0 Å². The normalized spacial score (nSPS) is 22.5. The number of aromatic nitrogens is 2. The molecule has 3 aromatic carbocycles. The number of aromatic amines is 1. The lowest BCUT2D eigenvalue weighted by Crippen LogP contribution is -2.54. The van der Waals surface area contributed by atoms with Gasteiger partial charge in [0.1, 0.15) is 22.8 Å². The number of benzene rings is 3. The van der Waals surface area contributed by atoms with Gasteiger partial charge in [-0.3, -0.25) is 19.8 Å². The molecular formula is C49H56F3N7O7S. The summed E-state index contributed by atoms with van der Waals surface area (Å²) in [7, 11) is -4.71. The summed E-state index contributed by atoms with van der Waals surface area (Å²) in [6.07, 6.45) is 4.67. The maximum absolute atomic E-state index is 14.0. The Balaban J connectivity index is 0.890. The highest BCUT2D eigenvalue weighted by Crippen LogP contribution is 2.54. The van der Waals surface area contributed by atoms with E-state index in [1.54, 1.807) is 24.4 Å². The number of nitrogens with one attached hydrogen (secondary N) is 3. The lowest BCUT2D eigenvalue weighted by atomic mass is 9.59. The number of likely N-dealkylation sites (tertiary alicyclic amines) is 1. The lowest BCUT2D eigenvalue weighted by Gasteiger charge is -2.56. The fourth-order valence-corrected chi connectivity index (χ4v) is 11.9. The van der Waals surface area contributed by atoms with E-state index in [1.165, 1.54) is 36.2 Å². The number of rotatable bonds is 13. The van der Waals surface area contributed by atoms with Gasteiger partial charge in [0.05, 0.1) is 33.1 Å². The summed E-state index contributed by atoms with van der Waals surface area (Å²) in [5.41, 5.74) is 2.14. The van der Waals surface area contributed by atoms with Crippen LogP contribution in [0, 0.1) is 21.4 Å². The predicted molar refractivity (Wildman–Crippen MR) is 248 cm³/mol. The molecule has 4 aliphatic rings. The van der Waals surface area contributed by atoms with E-state index < -0.39 is 49.1 Å². The molecule has 0 radical (unpaired) electrons. The molecule has 18 heteroatoms. The first kappa shape index (κ1) is 46.4. The van der Waals surface area contributed by atoms with Gasteiger partial charge in [-0.2, -0.15) is 13.2 Å². The van der Waals surface area contributed by atoms with E-state index in [9.17, 15) is 41.6 Å². The molecule has 4 fully saturated rings. The van der Waals surface area contributed by atoms with Crippen LogP contribution >= 0.6 is 0 Å². The number of alkyl halides is 3. The quantitative estimate of drug-likeness (QED) is 0.0651. The van der Waals surface area contributed by atoms with Gasteiger partial charge in [-0.05, 0) is 130 Å². The lowest BCUT2D eigenvalue weighted by molar-refractivity contribution is -0.384. The number of amides is 1. The molecule has 356 valence electrons. The second kappa shape index (κ2) is 18.1. The van der Waals surface area contributed by atoms with Crippen LogP contribution in [-0.4, -0.2) is 83.2 Å². The zero-order chi connectivity index (χ0) is 47.3. The minimum absolute atomic E-state index is 0.0837. The maximum Gasteiger partial charge on any atom is 0.391 e. The van der Waals surface area contributed by atoms with Crippen molar-refractivity contribution in [1.29, 1.82) is 0 Å². The third kappa shape index (κ3) is 9.70. The number of carbonyl (C=O) groups excluding carboxylic acids is 1. The zero-order valence-corrected chi connectivity index (χ0v) is 38.3. The Kier molecular flexibility index (Phi) is 12.5. The number of piperidine rings is 1. The van der Waals surface area contributed by atoms with Crippen molar-refractivity contribution in [2.45, 2.75) is 113 Å². The van der Waals surface area contributed by atoms with Crippen LogP contribution in [0.25, 0.3) is 11.0 Å². The van der Waals surface area contributed by atoms with Crippen molar-refractivity contribution in [3.05, 3.63) is 112 Å². The van der Waals surface area contributed by atoms with E-state index >= 15 is 0 Å². The van der Waals surface area contributed by atoms with Crippen molar-refractivity contribution in [3.63, 3.8) is 0 Å². The van der Waals surface area contributed by atoms with Gasteiger partial charge in [-0.1, -0.05) is 38.1 Å². The van der Waals surface area contributed by atoms with E-state index in [1.807, 2.05) is 10.8 Å². The maximum atomic E-state index is 14.0. The van der Waals surface area contributed by atoms with Crippen LogP contribution in [0.4, 0.5) is 30.2 Å². The number of nitro groups is 1. The number of carbonyl (C=O) groups is 1. The van der Waals surface area contributed by atoms with Crippen LogP contribution in [0.3, 0.4) is 0 Å². The van der Waals surface area contributed by atoms with Crippen LogP contribution in [-0.2, 0) is 10.0 Å². The number of sulfonamides is 1. The summed E-state index contributed by atoms with van der Waals surface area (Å²) in [4.78, 5) is 37.2. The van der Waals surface area contributed by atoms with Gasteiger partial charge in [0.15, 0.2) is 0 Å². The summed E-state index contributed by atoms with van der Waals surface area (Å²) in [6.45, 7) is 6.96. The smallest absolute Gasteiger partial charge is 0.391 e. The SMILES string of the molecule is CC(C)c1ccccc1[C@@H]1CCCN1C1CC2(CCN(c3ccc(C(=O)NS(=O)(=O)c4ccc(NC[C@]5(O)CC[C@@H](C(F)(F)F)CC5)c([N+](=O)[O-])c4)c(Oc4cnc5[nH]ccc5c4)c3)CC2)C1. The minimum atomic E-state index is -4.71. The molecule has 0 unspecified atom stereocenters. The Labute approximate surface area is 387 Å². The van der Waals surface area contributed by atoms with E-state index in [2.05, 4.69) is 63.2 Å². The van der Waals surface area contributed by atoms with E-state index in [0.717, 1.165) is 74.6 Å².